The average Bonchev–Trinajstić information content (AvgIpc) is 3.14. The van der Waals surface area contributed by atoms with Crippen molar-refractivity contribution in [3.8, 4) is 0 Å². The first-order valence-corrected chi connectivity index (χ1v) is 9.67. The summed E-state index contributed by atoms with van der Waals surface area (Å²) in [6, 6.07) is 10.7. The number of nitrogens with zero attached hydrogens (tertiary/aromatic N) is 2. The van der Waals surface area contributed by atoms with Crippen LogP contribution in [0.1, 0.15) is 41.3 Å². The number of aryl methyl sites for hydroxylation is 1. The second-order valence-electron chi connectivity index (χ2n) is 7.12. The average molecular weight is 419 g/mol. The van der Waals surface area contributed by atoms with Crippen LogP contribution in [0.2, 0.25) is 0 Å². The normalized spacial score (nSPS) is 12.8. The molecule has 0 bridgehead atoms. The standard InChI is InChI=1S/C22H24F3N3O2/c1-15-6-3-9-20-27-14-19(28(15)20)18(13-21(29)26-10-5-11-30-2)16-7-4-8-17(12-16)22(23,24)25/h3-4,6-9,12,14,18H,5,10-11,13H2,1-2H3,(H,26,29). The van der Waals surface area contributed by atoms with E-state index in [1.165, 1.54) is 6.07 Å². The SMILES string of the molecule is COCCCNC(=O)CC(c1cccc(C(F)(F)F)c1)c1cnc2cccc(C)n12. The van der Waals surface area contributed by atoms with Crippen molar-refractivity contribution in [2.45, 2.75) is 31.9 Å². The number of aromatic nitrogens is 2. The van der Waals surface area contributed by atoms with Crippen molar-refractivity contribution in [3.05, 3.63) is 71.2 Å². The van der Waals surface area contributed by atoms with Crippen molar-refractivity contribution >= 4 is 11.6 Å². The van der Waals surface area contributed by atoms with Gasteiger partial charge in [-0.25, -0.2) is 4.98 Å². The van der Waals surface area contributed by atoms with Gasteiger partial charge in [0.15, 0.2) is 0 Å². The molecule has 0 fully saturated rings. The third kappa shape index (κ3) is 4.99. The summed E-state index contributed by atoms with van der Waals surface area (Å²) >= 11 is 0. The molecule has 0 spiro atoms. The molecule has 0 saturated heterocycles. The molecule has 0 aliphatic heterocycles. The van der Waals surface area contributed by atoms with E-state index in [2.05, 4.69) is 10.3 Å². The third-order valence-corrected chi connectivity index (χ3v) is 4.96. The highest BCUT2D eigenvalue weighted by Crippen LogP contribution is 2.34. The minimum Gasteiger partial charge on any atom is -0.385 e. The van der Waals surface area contributed by atoms with E-state index in [-0.39, 0.29) is 12.3 Å². The zero-order valence-corrected chi connectivity index (χ0v) is 16.9. The van der Waals surface area contributed by atoms with Crippen LogP contribution in [0.3, 0.4) is 0 Å². The van der Waals surface area contributed by atoms with Crippen LogP contribution in [0.4, 0.5) is 13.2 Å². The van der Waals surface area contributed by atoms with Gasteiger partial charge in [-0.05, 0) is 37.1 Å². The summed E-state index contributed by atoms with van der Waals surface area (Å²) < 4.78 is 46.7. The number of fused-ring (bicyclic) bond motifs is 1. The summed E-state index contributed by atoms with van der Waals surface area (Å²) in [6.45, 7) is 2.85. The van der Waals surface area contributed by atoms with Crippen molar-refractivity contribution in [1.29, 1.82) is 0 Å². The molecule has 0 radical (unpaired) electrons. The molecule has 5 nitrogen and oxygen atoms in total. The Labute approximate surface area is 172 Å². The van der Waals surface area contributed by atoms with Gasteiger partial charge in [-0.15, -0.1) is 0 Å². The molecule has 1 amide bonds. The number of halogens is 3. The van der Waals surface area contributed by atoms with Gasteiger partial charge in [-0.3, -0.25) is 4.79 Å². The van der Waals surface area contributed by atoms with Gasteiger partial charge in [0.05, 0.1) is 11.3 Å². The summed E-state index contributed by atoms with van der Waals surface area (Å²) in [5.41, 5.74) is 1.92. The minimum atomic E-state index is -4.46. The molecule has 30 heavy (non-hydrogen) atoms. The summed E-state index contributed by atoms with van der Waals surface area (Å²) in [4.78, 5) is 17.0. The highest BCUT2D eigenvalue weighted by atomic mass is 19.4. The predicted octanol–water partition coefficient (Wildman–Crippen LogP) is 4.34. The van der Waals surface area contributed by atoms with Crippen molar-refractivity contribution in [2.75, 3.05) is 20.3 Å². The lowest BCUT2D eigenvalue weighted by atomic mass is 9.91. The Hall–Kier alpha value is -2.87. The summed E-state index contributed by atoms with van der Waals surface area (Å²) in [6.07, 6.45) is -2.16. The highest BCUT2D eigenvalue weighted by Gasteiger charge is 2.32. The van der Waals surface area contributed by atoms with E-state index in [9.17, 15) is 18.0 Å². The van der Waals surface area contributed by atoms with Crippen LogP contribution in [-0.4, -0.2) is 35.6 Å². The number of imidazole rings is 1. The molecule has 0 aliphatic carbocycles. The molecule has 8 heteroatoms. The molecule has 160 valence electrons. The lowest BCUT2D eigenvalue weighted by Crippen LogP contribution is -2.27. The van der Waals surface area contributed by atoms with Gasteiger partial charge in [0.25, 0.3) is 0 Å². The minimum absolute atomic E-state index is 0.0103. The first-order valence-electron chi connectivity index (χ1n) is 9.67. The van der Waals surface area contributed by atoms with Crippen molar-refractivity contribution in [3.63, 3.8) is 0 Å². The number of nitrogens with one attached hydrogen (secondary N) is 1. The topological polar surface area (TPSA) is 55.6 Å². The Kier molecular flexibility index (Phi) is 6.77. The Morgan fingerprint density at radius 3 is 2.73 bits per heavy atom. The number of carbonyl (C=O) groups excluding carboxylic acids is 1. The van der Waals surface area contributed by atoms with Crippen LogP contribution in [0, 0.1) is 6.92 Å². The molecule has 0 aliphatic rings. The van der Waals surface area contributed by atoms with Crippen LogP contribution in [0.5, 0.6) is 0 Å². The van der Waals surface area contributed by atoms with Crippen LogP contribution in [0.25, 0.3) is 5.65 Å². The number of hydrogen-bond acceptors (Lipinski definition) is 3. The molecule has 1 N–H and O–H groups in total. The van der Waals surface area contributed by atoms with E-state index in [4.69, 9.17) is 4.74 Å². The number of amides is 1. The molecule has 1 aromatic carbocycles. The number of hydrogen-bond donors (Lipinski definition) is 1. The summed E-state index contributed by atoms with van der Waals surface area (Å²) in [7, 11) is 1.58. The second-order valence-corrected chi connectivity index (χ2v) is 7.12. The maximum atomic E-state index is 13.3. The fraction of sp³-hybridized carbons (Fsp3) is 0.364. The highest BCUT2D eigenvalue weighted by molar-refractivity contribution is 5.77. The number of carbonyl (C=O) groups is 1. The van der Waals surface area contributed by atoms with Gasteiger partial charge in [0.1, 0.15) is 5.65 Å². The van der Waals surface area contributed by atoms with Gasteiger partial charge < -0.3 is 14.5 Å². The maximum Gasteiger partial charge on any atom is 0.416 e. The Morgan fingerprint density at radius 2 is 2.00 bits per heavy atom. The quantitative estimate of drug-likeness (QED) is 0.553. The van der Waals surface area contributed by atoms with Crippen LogP contribution in [0.15, 0.2) is 48.7 Å². The summed E-state index contributed by atoms with van der Waals surface area (Å²) in [5.74, 6) is -0.817. The van der Waals surface area contributed by atoms with Gasteiger partial charge >= 0.3 is 6.18 Å². The number of rotatable bonds is 8. The smallest absolute Gasteiger partial charge is 0.385 e. The zero-order valence-electron chi connectivity index (χ0n) is 16.9. The van der Waals surface area contributed by atoms with E-state index in [0.29, 0.717) is 36.5 Å². The van der Waals surface area contributed by atoms with Gasteiger partial charge in [0, 0.05) is 44.5 Å². The fourth-order valence-electron chi connectivity index (χ4n) is 3.50. The van der Waals surface area contributed by atoms with Gasteiger partial charge in [0.2, 0.25) is 5.91 Å². The molecule has 2 aromatic heterocycles. The number of pyridine rings is 1. The maximum absolute atomic E-state index is 13.3. The molecule has 1 unspecified atom stereocenters. The fourth-order valence-corrected chi connectivity index (χ4v) is 3.50. The third-order valence-electron chi connectivity index (χ3n) is 4.96. The molecular formula is C22H24F3N3O2. The van der Waals surface area contributed by atoms with E-state index in [1.54, 1.807) is 19.4 Å². The molecular weight excluding hydrogens is 395 g/mol. The van der Waals surface area contributed by atoms with Gasteiger partial charge in [-0.1, -0.05) is 24.3 Å². The largest absolute Gasteiger partial charge is 0.416 e. The second kappa shape index (κ2) is 9.30. The molecule has 1 atom stereocenters. The van der Waals surface area contributed by atoms with Gasteiger partial charge in [-0.2, -0.15) is 13.2 Å². The lowest BCUT2D eigenvalue weighted by molar-refractivity contribution is -0.137. The summed E-state index contributed by atoms with van der Waals surface area (Å²) in [5, 5.41) is 2.82. The molecule has 3 rings (SSSR count). The van der Waals surface area contributed by atoms with E-state index < -0.39 is 17.7 Å². The molecule has 0 saturated carbocycles. The number of benzene rings is 1. The van der Waals surface area contributed by atoms with Crippen LogP contribution < -0.4 is 5.32 Å². The van der Waals surface area contributed by atoms with Crippen LogP contribution in [-0.2, 0) is 15.7 Å². The predicted molar refractivity (Wildman–Crippen MR) is 107 cm³/mol. The number of alkyl halides is 3. The zero-order chi connectivity index (χ0) is 21.7. The Balaban J connectivity index is 1.98. The molecule has 3 aromatic rings. The first-order chi connectivity index (χ1) is 14.3. The number of ether oxygens (including phenoxy) is 1. The van der Waals surface area contributed by atoms with Crippen molar-refractivity contribution in [1.82, 2.24) is 14.7 Å². The monoisotopic (exact) mass is 419 g/mol. The van der Waals surface area contributed by atoms with E-state index in [0.717, 1.165) is 17.8 Å². The van der Waals surface area contributed by atoms with E-state index in [1.807, 2.05) is 29.5 Å². The number of methoxy groups -OCH3 is 1. The molecule has 2 heterocycles. The lowest BCUT2D eigenvalue weighted by Gasteiger charge is -2.19. The van der Waals surface area contributed by atoms with Crippen molar-refractivity contribution in [2.24, 2.45) is 0 Å². The Morgan fingerprint density at radius 1 is 1.23 bits per heavy atom. The first kappa shape index (κ1) is 21.8. The van der Waals surface area contributed by atoms with Crippen LogP contribution >= 0.6 is 0 Å². The van der Waals surface area contributed by atoms with Crippen molar-refractivity contribution < 1.29 is 22.7 Å². The Bertz CT molecular complexity index is 1010. The van der Waals surface area contributed by atoms with E-state index >= 15 is 0 Å².